The van der Waals surface area contributed by atoms with E-state index in [9.17, 15) is 9.59 Å². The topological polar surface area (TPSA) is 91.1 Å². The highest BCUT2D eigenvalue weighted by atomic mass is 16.6. The molecule has 2 rings (SSSR count). The molecule has 2 N–H and O–H groups in total. The number of rotatable bonds is 8. The normalized spacial score (nSPS) is 17.8. The van der Waals surface area contributed by atoms with Crippen molar-refractivity contribution in [2.45, 2.75) is 72.2 Å². The molecule has 0 aliphatic carbocycles. The molecule has 0 spiro atoms. The highest BCUT2D eigenvalue weighted by molar-refractivity contribution is 5.74. The molecule has 7 nitrogen and oxygen atoms in total. The van der Waals surface area contributed by atoms with Crippen LogP contribution >= 0.6 is 0 Å². The van der Waals surface area contributed by atoms with Crippen molar-refractivity contribution in [1.82, 2.24) is 4.90 Å². The summed E-state index contributed by atoms with van der Waals surface area (Å²) in [6, 6.07) is 8.06. The monoisotopic (exact) mass is 448 g/mol. The smallest absolute Gasteiger partial charge is 0.410 e. The van der Waals surface area contributed by atoms with Crippen molar-refractivity contribution in [1.29, 1.82) is 0 Å². The van der Waals surface area contributed by atoms with E-state index in [4.69, 9.17) is 19.9 Å². The Labute approximate surface area is 192 Å². The van der Waals surface area contributed by atoms with Gasteiger partial charge in [0.2, 0.25) is 0 Å². The van der Waals surface area contributed by atoms with Crippen LogP contribution in [0.15, 0.2) is 24.3 Å². The third kappa shape index (κ3) is 8.79. The molecular weight excluding hydrogens is 408 g/mol. The second-order valence-electron chi connectivity index (χ2n) is 10.5. The van der Waals surface area contributed by atoms with Gasteiger partial charge in [0.05, 0.1) is 19.1 Å². The van der Waals surface area contributed by atoms with Crippen LogP contribution in [0.1, 0.15) is 59.1 Å². The molecule has 0 unspecified atom stereocenters. The average Bonchev–Trinajstić information content (AvgIpc) is 3.14. The van der Waals surface area contributed by atoms with Gasteiger partial charge in [-0.25, -0.2) is 4.79 Å². The Balaban J connectivity index is 2.14. The molecule has 32 heavy (non-hydrogen) atoms. The minimum absolute atomic E-state index is 0.00881. The fourth-order valence-electron chi connectivity index (χ4n) is 3.80. The van der Waals surface area contributed by atoms with Crippen LogP contribution in [0.4, 0.5) is 4.79 Å². The molecule has 0 saturated carbocycles. The largest absolute Gasteiger partial charge is 0.460 e. The molecule has 7 heteroatoms. The fourth-order valence-corrected chi connectivity index (χ4v) is 3.80. The van der Waals surface area contributed by atoms with E-state index in [0.717, 1.165) is 17.5 Å². The molecule has 1 aromatic rings. The quantitative estimate of drug-likeness (QED) is 0.479. The number of amides is 1. The zero-order valence-electron chi connectivity index (χ0n) is 20.5. The van der Waals surface area contributed by atoms with Gasteiger partial charge in [-0.1, -0.05) is 24.3 Å². The van der Waals surface area contributed by atoms with E-state index >= 15 is 0 Å². The van der Waals surface area contributed by atoms with Crippen molar-refractivity contribution in [2.75, 3.05) is 26.2 Å². The first-order chi connectivity index (χ1) is 14.9. The standard InChI is InChI=1S/C25H40N2O5/c1-24(2,3)31-22(28)21(15-18-8-7-9-19(14-18)17-30-13-11-26)20-10-12-27(16-20)23(29)32-25(4,5)6/h7-9,14,20-21H,10-13,15-17,26H2,1-6H3/t20-,21-/m0/s1. The summed E-state index contributed by atoms with van der Waals surface area (Å²) in [5, 5.41) is 0. The number of likely N-dealkylation sites (tertiary alicyclic amines) is 1. The molecule has 0 bridgehead atoms. The van der Waals surface area contributed by atoms with Crippen LogP contribution in [-0.2, 0) is 32.0 Å². The van der Waals surface area contributed by atoms with Crippen LogP contribution in [0.5, 0.6) is 0 Å². The van der Waals surface area contributed by atoms with E-state index < -0.39 is 11.2 Å². The predicted molar refractivity (Wildman–Crippen MR) is 124 cm³/mol. The van der Waals surface area contributed by atoms with Gasteiger partial charge in [-0.05, 0) is 71.4 Å². The van der Waals surface area contributed by atoms with Crippen molar-refractivity contribution < 1.29 is 23.8 Å². The summed E-state index contributed by atoms with van der Waals surface area (Å²) in [5.41, 5.74) is 6.46. The third-order valence-corrected chi connectivity index (χ3v) is 5.13. The van der Waals surface area contributed by atoms with Crippen molar-refractivity contribution in [3.63, 3.8) is 0 Å². The van der Waals surface area contributed by atoms with Crippen LogP contribution in [0.2, 0.25) is 0 Å². The lowest BCUT2D eigenvalue weighted by Gasteiger charge is -2.28. The van der Waals surface area contributed by atoms with Gasteiger partial charge in [-0.2, -0.15) is 0 Å². The SMILES string of the molecule is CC(C)(C)OC(=O)[C@@H](Cc1cccc(COCCN)c1)[C@H]1CCN(C(=O)OC(C)(C)C)C1. The Morgan fingerprint density at radius 3 is 2.38 bits per heavy atom. The Hall–Kier alpha value is -2.12. The highest BCUT2D eigenvalue weighted by Crippen LogP contribution is 2.30. The summed E-state index contributed by atoms with van der Waals surface area (Å²) in [7, 11) is 0. The summed E-state index contributed by atoms with van der Waals surface area (Å²) in [5.74, 6) is -0.560. The number of esters is 1. The molecule has 180 valence electrons. The molecule has 1 fully saturated rings. The summed E-state index contributed by atoms with van der Waals surface area (Å²) in [6.45, 7) is 13.7. The van der Waals surface area contributed by atoms with E-state index in [1.165, 1.54) is 0 Å². The second-order valence-corrected chi connectivity index (χ2v) is 10.5. The maximum absolute atomic E-state index is 13.2. The molecule has 0 radical (unpaired) electrons. The molecular formula is C25H40N2O5. The molecule has 2 atom stereocenters. The van der Waals surface area contributed by atoms with Gasteiger partial charge in [0, 0.05) is 19.6 Å². The number of benzene rings is 1. The van der Waals surface area contributed by atoms with Crippen LogP contribution < -0.4 is 5.73 Å². The predicted octanol–water partition coefficient (Wildman–Crippen LogP) is 3.92. The maximum atomic E-state index is 13.2. The highest BCUT2D eigenvalue weighted by Gasteiger charge is 2.39. The Morgan fingerprint density at radius 1 is 1.09 bits per heavy atom. The molecule has 0 aromatic heterocycles. The van der Waals surface area contributed by atoms with Crippen LogP contribution in [0.25, 0.3) is 0 Å². The van der Waals surface area contributed by atoms with Crippen molar-refractivity contribution in [2.24, 2.45) is 17.6 Å². The van der Waals surface area contributed by atoms with Crippen LogP contribution in [0, 0.1) is 11.8 Å². The van der Waals surface area contributed by atoms with Gasteiger partial charge < -0.3 is 24.8 Å². The van der Waals surface area contributed by atoms with E-state index in [-0.39, 0.29) is 23.9 Å². The first-order valence-corrected chi connectivity index (χ1v) is 11.4. The number of hydrogen-bond donors (Lipinski definition) is 1. The Kier molecular flexibility index (Phi) is 9.10. The van der Waals surface area contributed by atoms with Crippen molar-refractivity contribution >= 4 is 12.1 Å². The third-order valence-electron chi connectivity index (χ3n) is 5.13. The van der Waals surface area contributed by atoms with E-state index in [1.54, 1.807) is 4.90 Å². The average molecular weight is 449 g/mol. The summed E-state index contributed by atoms with van der Waals surface area (Å²) >= 11 is 0. The summed E-state index contributed by atoms with van der Waals surface area (Å²) in [4.78, 5) is 27.4. The van der Waals surface area contributed by atoms with Gasteiger partial charge in [0.1, 0.15) is 11.2 Å². The van der Waals surface area contributed by atoms with Gasteiger partial charge in [0.15, 0.2) is 0 Å². The number of carbonyl (C=O) groups is 2. The minimum Gasteiger partial charge on any atom is -0.460 e. The number of carbonyl (C=O) groups excluding carboxylic acids is 2. The summed E-state index contributed by atoms with van der Waals surface area (Å²) in [6.07, 6.45) is 0.955. The lowest BCUT2D eigenvalue weighted by Crippen LogP contribution is -2.38. The second kappa shape index (κ2) is 11.1. The molecule has 1 heterocycles. The first kappa shape index (κ1) is 26.1. The van der Waals surface area contributed by atoms with Gasteiger partial charge in [-0.3, -0.25) is 4.79 Å². The van der Waals surface area contributed by atoms with E-state index in [0.29, 0.717) is 39.3 Å². The zero-order valence-corrected chi connectivity index (χ0v) is 20.5. The van der Waals surface area contributed by atoms with Gasteiger partial charge in [0.25, 0.3) is 0 Å². The molecule has 1 amide bonds. The molecule has 1 saturated heterocycles. The number of nitrogens with zero attached hydrogens (tertiary/aromatic N) is 1. The van der Waals surface area contributed by atoms with Gasteiger partial charge in [-0.15, -0.1) is 0 Å². The number of hydrogen-bond acceptors (Lipinski definition) is 6. The zero-order chi connectivity index (χ0) is 23.9. The van der Waals surface area contributed by atoms with Gasteiger partial charge >= 0.3 is 12.1 Å². The maximum Gasteiger partial charge on any atom is 0.410 e. The Bertz CT molecular complexity index is 766. The lowest BCUT2D eigenvalue weighted by atomic mass is 9.85. The minimum atomic E-state index is -0.573. The Morgan fingerprint density at radius 2 is 1.75 bits per heavy atom. The lowest BCUT2D eigenvalue weighted by molar-refractivity contribution is -0.161. The van der Waals surface area contributed by atoms with E-state index in [1.807, 2.05) is 59.7 Å². The number of nitrogens with two attached hydrogens (primary N) is 1. The molecule has 1 aliphatic heterocycles. The van der Waals surface area contributed by atoms with Crippen molar-refractivity contribution in [3.05, 3.63) is 35.4 Å². The molecule has 1 aromatic carbocycles. The first-order valence-electron chi connectivity index (χ1n) is 11.4. The van der Waals surface area contributed by atoms with Crippen molar-refractivity contribution in [3.8, 4) is 0 Å². The fraction of sp³-hybridized carbons (Fsp3) is 0.680. The van der Waals surface area contributed by atoms with E-state index in [2.05, 4.69) is 6.07 Å². The van der Waals surface area contributed by atoms with Crippen LogP contribution in [-0.4, -0.2) is 54.4 Å². The number of ether oxygens (including phenoxy) is 3. The summed E-state index contributed by atoms with van der Waals surface area (Å²) < 4.78 is 16.8. The molecule has 1 aliphatic rings. The van der Waals surface area contributed by atoms with Crippen LogP contribution in [0.3, 0.4) is 0 Å².